The first-order valence-corrected chi connectivity index (χ1v) is 9.81. The maximum absolute atomic E-state index is 13.3. The first-order valence-electron chi connectivity index (χ1n) is 9.81. The van der Waals surface area contributed by atoms with Crippen molar-refractivity contribution in [3.05, 3.63) is 41.5 Å². The van der Waals surface area contributed by atoms with Crippen LogP contribution in [0.1, 0.15) is 55.6 Å². The summed E-state index contributed by atoms with van der Waals surface area (Å²) in [6.07, 6.45) is -5.54. The van der Waals surface area contributed by atoms with Crippen molar-refractivity contribution in [3.8, 4) is 0 Å². The number of alkyl halides is 5. The molecule has 31 heavy (non-hydrogen) atoms. The molecule has 3 rings (SSSR count). The molecular formula is C20H22F5N5O. The zero-order valence-corrected chi connectivity index (χ0v) is 17.0. The number of hydrogen-bond acceptors (Lipinski definition) is 5. The number of rotatable bonds is 5. The molecule has 1 N–H and O–H groups in total. The van der Waals surface area contributed by atoms with Crippen LogP contribution in [0.15, 0.2) is 24.4 Å². The standard InChI is InChI=1S/C20H22F5N5O/c1-11(2)17-27-14(12-5-8-30(9-6-12)19(31)16(21)22)10-15(28-17)29-18-13(20(23,24)25)4-3-7-26-18/h3-4,7,10-12,16H,5-6,8-9H2,1-2H3,(H,26,27,28,29). The van der Waals surface area contributed by atoms with Crippen LogP contribution in [0, 0.1) is 0 Å². The first-order chi connectivity index (χ1) is 14.6. The smallest absolute Gasteiger partial charge is 0.338 e. The molecule has 168 valence electrons. The molecule has 1 amide bonds. The van der Waals surface area contributed by atoms with E-state index in [-0.39, 0.29) is 36.6 Å². The number of piperidine rings is 1. The van der Waals surface area contributed by atoms with Gasteiger partial charge >= 0.3 is 12.6 Å². The highest BCUT2D eigenvalue weighted by molar-refractivity contribution is 5.79. The number of carbonyl (C=O) groups is 1. The average Bonchev–Trinajstić information content (AvgIpc) is 2.72. The molecule has 2 aromatic heterocycles. The van der Waals surface area contributed by atoms with Gasteiger partial charge in [0.1, 0.15) is 17.5 Å². The molecule has 11 heteroatoms. The van der Waals surface area contributed by atoms with Gasteiger partial charge in [0.05, 0.1) is 5.56 Å². The predicted octanol–water partition coefficient (Wildman–Crippen LogP) is 4.73. The Labute approximate surface area is 175 Å². The minimum Gasteiger partial charge on any atom is -0.338 e. The molecule has 1 aliphatic rings. The Balaban J connectivity index is 1.86. The van der Waals surface area contributed by atoms with Gasteiger partial charge in [0, 0.05) is 42.9 Å². The lowest BCUT2D eigenvalue weighted by Crippen LogP contribution is -2.41. The molecule has 1 saturated heterocycles. The molecule has 3 heterocycles. The van der Waals surface area contributed by atoms with Crippen LogP contribution in [-0.4, -0.2) is 45.3 Å². The van der Waals surface area contributed by atoms with Crippen LogP contribution in [0.25, 0.3) is 0 Å². The molecule has 1 fully saturated rings. The highest BCUT2D eigenvalue weighted by Crippen LogP contribution is 2.35. The van der Waals surface area contributed by atoms with Crippen LogP contribution in [0.2, 0.25) is 0 Å². The number of nitrogens with one attached hydrogen (secondary N) is 1. The quantitative estimate of drug-likeness (QED) is 0.677. The van der Waals surface area contributed by atoms with Gasteiger partial charge in [-0.25, -0.2) is 15.0 Å². The Bertz CT molecular complexity index is 926. The van der Waals surface area contributed by atoms with Gasteiger partial charge in [0.15, 0.2) is 0 Å². The third-order valence-corrected chi connectivity index (χ3v) is 5.05. The van der Waals surface area contributed by atoms with Crippen molar-refractivity contribution in [2.24, 2.45) is 0 Å². The Morgan fingerprint density at radius 2 is 1.87 bits per heavy atom. The largest absolute Gasteiger partial charge is 0.419 e. The fourth-order valence-electron chi connectivity index (χ4n) is 3.41. The second-order valence-electron chi connectivity index (χ2n) is 7.61. The Morgan fingerprint density at radius 1 is 1.19 bits per heavy atom. The van der Waals surface area contributed by atoms with E-state index in [0.717, 1.165) is 11.0 Å². The third-order valence-electron chi connectivity index (χ3n) is 5.05. The summed E-state index contributed by atoms with van der Waals surface area (Å²) in [5.41, 5.74) is -0.324. The number of pyridine rings is 1. The van der Waals surface area contributed by atoms with Crippen molar-refractivity contribution in [2.45, 2.75) is 51.1 Å². The summed E-state index contributed by atoms with van der Waals surface area (Å²) >= 11 is 0. The van der Waals surface area contributed by atoms with E-state index in [2.05, 4.69) is 20.3 Å². The molecule has 6 nitrogen and oxygen atoms in total. The summed E-state index contributed by atoms with van der Waals surface area (Å²) in [5, 5.41) is 2.65. The van der Waals surface area contributed by atoms with E-state index in [0.29, 0.717) is 24.4 Å². The predicted molar refractivity (Wildman–Crippen MR) is 103 cm³/mol. The monoisotopic (exact) mass is 443 g/mol. The molecule has 0 aromatic carbocycles. The van der Waals surface area contributed by atoms with E-state index >= 15 is 0 Å². The summed E-state index contributed by atoms with van der Waals surface area (Å²) < 4.78 is 65.2. The third kappa shape index (κ3) is 5.45. The van der Waals surface area contributed by atoms with Crippen molar-refractivity contribution in [3.63, 3.8) is 0 Å². The summed E-state index contributed by atoms with van der Waals surface area (Å²) in [7, 11) is 0. The van der Waals surface area contributed by atoms with E-state index < -0.39 is 24.1 Å². The van der Waals surface area contributed by atoms with Gasteiger partial charge in [-0.15, -0.1) is 0 Å². The normalized spacial score (nSPS) is 15.6. The van der Waals surface area contributed by atoms with Gasteiger partial charge in [-0.3, -0.25) is 4.79 Å². The number of halogens is 5. The second-order valence-corrected chi connectivity index (χ2v) is 7.61. The van der Waals surface area contributed by atoms with E-state index in [1.54, 1.807) is 6.07 Å². The van der Waals surface area contributed by atoms with Crippen LogP contribution in [0.4, 0.5) is 33.6 Å². The van der Waals surface area contributed by atoms with E-state index in [1.165, 1.54) is 12.3 Å². The molecule has 0 atom stereocenters. The van der Waals surface area contributed by atoms with Gasteiger partial charge < -0.3 is 10.2 Å². The maximum Gasteiger partial charge on any atom is 0.419 e. The fourth-order valence-corrected chi connectivity index (χ4v) is 3.41. The minimum atomic E-state index is -4.59. The van der Waals surface area contributed by atoms with Crippen LogP contribution in [-0.2, 0) is 11.0 Å². The van der Waals surface area contributed by atoms with Crippen molar-refractivity contribution >= 4 is 17.5 Å². The highest BCUT2D eigenvalue weighted by Gasteiger charge is 2.34. The summed E-state index contributed by atoms with van der Waals surface area (Å²) in [6.45, 7) is 4.04. The minimum absolute atomic E-state index is 0.0909. The molecule has 0 radical (unpaired) electrons. The van der Waals surface area contributed by atoms with Gasteiger partial charge in [-0.1, -0.05) is 13.8 Å². The Kier molecular flexibility index (Phi) is 6.71. The van der Waals surface area contributed by atoms with Crippen LogP contribution < -0.4 is 5.32 Å². The summed E-state index contributed by atoms with van der Waals surface area (Å²) in [6, 6.07) is 3.68. The zero-order valence-electron chi connectivity index (χ0n) is 17.0. The number of likely N-dealkylation sites (tertiary alicyclic amines) is 1. The molecule has 0 unspecified atom stereocenters. The lowest BCUT2D eigenvalue weighted by atomic mass is 9.93. The van der Waals surface area contributed by atoms with Crippen molar-refractivity contribution in [1.82, 2.24) is 19.9 Å². The number of nitrogens with zero attached hydrogens (tertiary/aromatic N) is 4. The molecule has 0 spiro atoms. The second kappa shape index (κ2) is 9.11. The lowest BCUT2D eigenvalue weighted by Gasteiger charge is -2.31. The maximum atomic E-state index is 13.3. The van der Waals surface area contributed by atoms with Crippen LogP contribution in [0.5, 0.6) is 0 Å². The van der Waals surface area contributed by atoms with Crippen molar-refractivity contribution < 1.29 is 26.7 Å². The first kappa shape index (κ1) is 22.8. The topological polar surface area (TPSA) is 71.0 Å². The van der Waals surface area contributed by atoms with Crippen molar-refractivity contribution in [2.75, 3.05) is 18.4 Å². The van der Waals surface area contributed by atoms with Gasteiger partial charge in [0.2, 0.25) is 0 Å². The molecule has 2 aromatic rings. The van der Waals surface area contributed by atoms with Gasteiger partial charge in [-0.05, 0) is 25.0 Å². The molecule has 1 aliphatic heterocycles. The van der Waals surface area contributed by atoms with Crippen LogP contribution in [0.3, 0.4) is 0 Å². The van der Waals surface area contributed by atoms with E-state index in [4.69, 9.17) is 0 Å². The average molecular weight is 443 g/mol. The van der Waals surface area contributed by atoms with Gasteiger partial charge in [-0.2, -0.15) is 22.0 Å². The SMILES string of the molecule is CC(C)c1nc(Nc2ncccc2C(F)(F)F)cc(C2CCN(C(=O)C(F)F)CC2)n1. The fraction of sp³-hybridized carbons (Fsp3) is 0.500. The molecule has 0 aliphatic carbocycles. The van der Waals surface area contributed by atoms with Gasteiger partial charge in [0.25, 0.3) is 5.91 Å². The molecule has 0 saturated carbocycles. The number of aromatic nitrogens is 3. The highest BCUT2D eigenvalue weighted by atomic mass is 19.4. The number of hydrogen-bond donors (Lipinski definition) is 1. The van der Waals surface area contributed by atoms with E-state index in [9.17, 15) is 26.7 Å². The molecule has 0 bridgehead atoms. The zero-order chi connectivity index (χ0) is 22.8. The molecular weight excluding hydrogens is 421 g/mol. The van der Waals surface area contributed by atoms with Crippen molar-refractivity contribution in [1.29, 1.82) is 0 Å². The Morgan fingerprint density at radius 3 is 2.45 bits per heavy atom. The number of amides is 1. The van der Waals surface area contributed by atoms with E-state index in [1.807, 2.05) is 13.8 Å². The summed E-state index contributed by atoms with van der Waals surface area (Å²) in [5.74, 6) is -1.17. The number of carbonyl (C=O) groups excluding carboxylic acids is 1. The Hall–Kier alpha value is -2.85. The number of anilines is 2. The van der Waals surface area contributed by atoms with Crippen LogP contribution >= 0.6 is 0 Å². The summed E-state index contributed by atoms with van der Waals surface area (Å²) in [4.78, 5) is 25.3. The lowest BCUT2D eigenvalue weighted by molar-refractivity contribution is -0.144.